The van der Waals surface area contributed by atoms with E-state index in [2.05, 4.69) is 9.97 Å². The second kappa shape index (κ2) is 9.09. The summed E-state index contributed by atoms with van der Waals surface area (Å²) in [6.45, 7) is 3.31. The smallest absolute Gasteiger partial charge is 0.228 e. The van der Waals surface area contributed by atoms with Crippen molar-refractivity contribution in [1.82, 2.24) is 19.9 Å². The topological polar surface area (TPSA) is 62.2 Å². The minimum absolute atomic E-state index is 0.0941. The van der Waals surface area contributed by atoms with Crippen LogP contribution in [0.25, 0.3) is 11.1 Å². The second-order valence-corrected chi connectivity index (χ2v) is 9.15. The van der Waals surface area contributed by atoms with Crippen molar-refractivity contribution in [2.24, 2.45) is 0 Å². The van der Waals surface area contributed by atoms with Crippen molar-refractivity contribution < 1.29 is 9.18 Å². The molecule has 1 aromatic carbocycles. The molecule has 3 heterocycles. The predicted molar refractivity (Wildman–Crippen MR) is 121 cm³/mol. The van der Waals surface area contributed by atoms with Crippen LogP contribution in [0.5, 0.6) is 0 Å². The number of thiazole rings is 1. The number of aryl methyl sites for hydroxylation is 1. The normalized spacial score (nSPS) is 16.4. The molecule has 1 atom stereocenters. The third kappa shape index (κ3) is 4.90. The highest BCUT2D eigenvalue weighted by Gasteiger charge is 2.28. The third-order valence-electron chi connectivity index (χ3n) is 5.52. The number of rotatable bonds is 5. The van der Waals surface area contributed by atoms with Crippen LogP contribution in [0, 0.1) is 12.7 Å². The van der Waals surface area contributed by atoms with Crippen LogP contribution in [0.4, 0.5) is 10.3 Å². The van der Waals surface area contributed by atoms with E-state index in [1.165, 1.54) is 12.1 Å². The lowest BCUT2D eigenvalue weighted by molar-refractivity contribution is -0.131. The number of halogens is 1. The molecule has 162 valence electrons. The molecular weight excluding hydrogens is 413 g/mol. The Morgan fingerprint density at radius 3 is 2.71 bits per heavy atom. The molecule has 0 spiro atoms. The summed E-state index contributed by atoms with van der Waals surface area (Å²) in [6, 6.07) is 6.41. The van der Waals surface area contributed by atoms with Gasteiger partial charge in [0.05, 0.1) is 22.8 Å². The zero-order chi connectivity index (χ0) is 22.0. The molecule has 8 heteroatoms. The number of carbonyl (C=O) groups excluding carboxylic acids is 1. The van der Waals surface area contributed by atoms with E-state index in [1.54, 1.807) is 23.5 Å². The zero-order valence-electron chi connectivity index (χ0n) is 18.0. The van der Waals surface area contributed by atoms with Crippen LogP contribution in [-0.2, 0) is 11.2 Å². The predicted octanol–water partition coefficient (Wildman–Crippen LogP) is 4.06. The van der Waals surface area contributed by atoms with E-state index >= 15 is 0 Å². The Labute approximate surface area is 185 Å². The Bertz CT molecular complexity index is 1070. The number of amides is 1. The van der Waals surface area contributed by atoms with Crippen LogP contribution in [-0.4, -0.2) is 52.9 Å². The molecule has 4 rings (SSSR count). The first-order chi connectivity index (χ1) is 14.9. The Morgan fingerprint density at radius 1 is 1.26 bits per heavy atom. The lowest BCUT2D eigenvalue weighted by Gasteiger charge is -2.33. The van der Waals surface area contributed by atoms with Crippen LogP contribution in [0.2, 0.25) is 0 Å². The Morgan fingerprint density at radius 2 is 2.03 bits per heavy atom. The molecule has 2 aromatic heterocycles. The number of piperidine rings is 1. The molecule has 6 nitrogen and oxygen atoms in total. The minimum atomic E-state index is -0.275. The van der Waals surface area contributed by atoms with Gasteiger partial charge in [-0.05, 0) is 37.5 Å². The van der Waals surface area contributed by atoms with Crippen LogP contribution in [0.3, 0.4) is 0 Å². The SMILES string of the molecule is Cc1nc(CC(=O)N2CCC[C@H](c3nc(N(C)C)ncc3-c3ccc(F)cc3)C2)cs1. The highest BCUT2D eigenvalue weighted by molar-refractivity contribution is 7.09. The van der Waals surface area contributed by atoms with Gasteiger partial charge in [-0.3, -0.25) is 4.79 Å². The van der Waals surface area contributed by atoms with E-state index in [9.17, 15) is 9.18 Å². The number of carbonyl (C=O) groups is 1. The average molecular weight is 440 g/mol. The number of anilines is 1. The van der Waals surface area contributed by atoms with Gasteiger partial charge in [0.15, 0.2) is 0 Å². The lowest BCUT2D eigenvalue weighted by atomic mass is 9.89. The first-order valence-corrected chi connectivity index (χ1v) is 11.3. The van der Waals surface area contributed by atoms with Gasteiger partial charge in [0.25, 0.3) is 0 Å². The monoisotopic (exact) mass is 439 g/mol. The fourth-order valence-corrected chi connectivity index (χ4v) is 4.56. The molecule has 1 aliphatic heterocycles. The molecular formula is C23H26FN5OS. The Hall–Kier alpha value is -2.87. The van der Waals surface area contributed by atoms with E-state index in [4.69, 9.17) is 4.98 Å². The summed E-state index contributed by atoms with van der Waals surface area (Å²) in [5.41, 5.74) is 3.51. The van der Waals surface area contributed by atoms with Crippen molar-refractivity contribution >= 4 is 23.2 Å². The van der Waals surface area contributed by atoms with Gasteiger partial charge < -0.3 is 9.80 Å². The Kier molecular flexibility index (Phi) is 6.27. The van der Waals surface area contributed by atoms with Gasteiger partial charge in [0.2, 0.25) is 11.9 Å². The summed E-state index contributed by atoms with van der Waals surface area (Å²) in [6.07, 6.45) is 3.99. The number of aromatic nitrogens is 3. The van der Waals surface area contributed by atoms with Gasteiger partial charge in [-0.1, -0.05) is 12.1 Å². The fourth-order valence-electron chi connectivity index (χ4n) is 3.95. The second-order valence-electron chi connectivity index (χ2n) is 8.08. The maximum atomic E-state index is 13.5. The molecule has 1 fully saturated rings. The maximum absolute atomic E-state index is 13.5. The third-order valence-corrected chi connectivity index (χ3v) is 6.34. The first kappa shape index (κ1) is 21.4. The van der Waals surface area contributed by atoms with Crippen LogP contribution in [0.1, 0.15) is 35.2 Å². The summed E-state index contributed by atoms with van der Waals surface area (Å²) >= 11 is 1.57. The van der Waals surface area contributed by atoms with Gasteiger partial charge in [-0.25, -0.2) is 19.3 Å². The molecule has 0 radical (unpaired) electrons. The highest BCUT2D eigenvalue weighted by atomic mass is 32.1. The van der Waals surface area contributed by atoms with Crippen molar-refractivity contribution in [2.45, 2.75) is 32.1 Å². The fraction of sp³-hybridized carbons (Fsp3) is 0.391. The van der Waals surface area contributed by atoms with Crippen molar-refractivity contribution in [1.29, 1.82) is 0 Å². The number of hydrogen-bond donors (Lipinski definition) is 0. The number of benzene rings is 1. The molecule has 1 aliphatic rings. The molecule has 1 saturated heterocycles. The maximum Gasteiger partial charge on any atom is 0.228 e. The minimum Gasteiger partial charge on any atom is -0.347 e. The van der Waals surface area contributed by atoms with Gasteiger partial charge in [-0.2, -0.15) is 0 Å². The van der Waals surface area contributed by atoms with Crippen molar-refractivity contribution in [2.75, 3.05) is 32.1 Å². The van der Waals surface area contributed by atoms with Crippen molar-refractivity contribution in [3.8, 4) is 11.1 Å². The number of hydrogen-bond acceptors (Lipinski definition) is 6. The first-order valence-electron chi connectivity index (χ1n) is 10.4. The summed E-state index contributed by atoms with van der Waals surface area (Å²) < 4.78 is 13.5. The number of nitrogens with zero attached hydrogens (tertiary/aromatic N) is 5. The van der Waals surface area contributed by atoms with Crippen LogP contribution >= 0.6 is 11.3 Å². The zero-order valence-corrected chi connectivity index (χ0v) is 18.8. The molecule has 0 aliphatic carbocycles. The van der Waals surface area contributed by atoms with E-state index in [0.29, 0.717) is 18.9 Å². The summed E-state index contributed by atoms with van der Waals surface area (Å²) in [7, 11) is 3.81. The largest absolute Gasteiger partial charge is 0.347 e. The van der Waals surface area contributed by atoms with Crippen LogP contribution in [0.15, 0.2) is 35.8 Å². The van der Waals surface area contributed by atoms with Crippen LogP contribution < -0.4 is 4.90 Å². The average Bonchev–Trinajstić information content (AvgIpc) is 3.18. The molecule has 1 amide bonds. The molecule has 31 heavy (non-hydrogen) atoms. The summed E-state index contributed by atoms with van der Waals surface area (Å²) in [5, 5.41) is 2.93. The van der Waals surface area contributed by atoms with Gasteiger partial charge in [-0.15, -0.1) is 11.3 Å². The lowest BCUT2D eigenvalue weighted by Crippen LogP contribution is -2.40. The highest BCUT2D eigenvalue weighted by Crippen LogP contribution is 2.34. The molecule has 3 aromatic rings. The van der Waals surface area contributed by atoms with E-state index in [1.807, 2.05) is 42.4 Å². The van der Waals surface area contributed by atoms with E-state index < -0.39 is 0 Å². The van der Waals surface area contributed by atoms with E-state index in [-0.39, 0.29) is 17.6 Å². The van der Waals surface area contributed by atoms with Gasteiger partial charge in [0, 0.05) is 50.2 Å². The molecule has 0 unspecified atom stereocenters. The Balaban J connectivity index is 1.61. The quantitative estimate of drug-likeness (QED) is 0.600. The number of likely N-dealkylation sites (tertiary alicyclic amines) is 1. The molecule has 0 N–H and O–H groups in total. The standard InChI is InChI=1S/C23H26FN5OS/c1-15-26-19(14-31-15)11-21(30)29-10-4-5-17(13-29)22-20(12-25-23(27-22)28(2)3)16-6-8-18(24)9-7-16/h6-9,12,14,17H,4-5,10-11,13H2,1-3H3/t17-/m0/s1. The summed E-state index contributed by atoms with van der Waals surface area (Å²) in [5.74, 6) is 0.543. The molecule has 0 bridgehead atoms. The molecule has 0 saturated carbocycles. The van der Waals surface area contributed by atoms with Gasteiger partial charge in [0.1, 0.15) is 5.82 Å². The summed E-state index contributed by atoms with van der Waals surface area (Å²) in [4.78, 5) is 30.5. The van der Waals surface area contributed by atoms with Crippen molar-refractivity contribution in [3.63, 3.8) is 0 Å². The van der Waals surface area contributed by atoms with Crippen molar-refractivity contribution in [3.05, 3.63) is 58.1 Å². The van der Waals surface area contributed by atoms with Gasteiger partial charge >= 0.3 is 0 Å². The van der Waals surface area contributed by atoms with E-state index in [0.717, 1.165) is 46.9 Å².